The van der Waals surface area contributed by atoms with Crippen molar-refractivity contribution in [2.75, 3.05) is 7.11 Å². The summed E-state index contributed by atoms with van der Waals surface area (Å²) in [4.78, 5) is 11.4. The van der Waals surface area contributed by atoms with Crippen LogP contribution in [0.15, 0.2) is 36.4 Å². The summed E-state index contributed by atoms with van der Waals surface area (Å²) in [7, 11) is 1.32. The lowest BCUT2D eigenvalue weighted by Crippen LogP contribution is -2.03. The minimum atomic E-state index is -0.420. The van der Waals surface area contributed by atoms with Gasteiger partial charge in [0, 0.05) is 0 Å². The van der Waals surface area contributed by atoms with Gasteiger partial charge in [-0.25, -0.2) is 4.79 Å². The van der Waals surface area contributed by atoms with Gasteiger partial charge in [-0.3, -0.25) is 0 Å². The first-order chi connectivity index (χ1) is 7.29. The lowest BCUT2D eigenvalue weighted by Gasteiger charge is -2.04. The van der Waals surface area contributed by atoms with Gasteiger partial charge < -0.3 is 4.74 Å². The average Bonchev–Trinajstić information content (AvgIpc) is 2.30. The molecule has 0 saturated heterocycles. The van der Waals surface area contributed by atoms with E-state index in [0.717, 1.165) is 5.56 Å². The van der Waals surface area contributed by atoms with Crippen LogP contribution >= 0.6 is 0 Å². The first kappa shape index (κ1) is 11.0. The zero-order valence-corrected chi connectivity index (χ0v) is 8.43. The molecule has 0 aromatic heterocycles. The van der Waals surface area contributed by atoms with Crippen LogP contribution in [0.5, 0.6) is 0 Å². The third-order valence-corrected chi connectivity index (χ3v) is 1.89. The highest BCUT2D eigenvalue weighted by atomic mass is 16.5. The van der Waals surface area contributed by atoms with Crippen LogP contribution in [0, 0.1) is 11.3 Å². The molecule has 3 heteroatoms. The Morgan fingerprint density at radius 1 is 1.47 bits per heavy atom. The Bertz CT molecular complexity index is 401. The topological polar surface area (TPSA) is 50.1 Å². The van der Waals surface area contributed by atoms with E-state index < -0.39 is 5.97 Å². The predicted molar refractivity (Wildman–Crippen MR) is 56.7 cm³/mol. The molecule has 0 unspecified atom stereocenters. The predicted octanol–water partition coefficient (Wildman–Crippen LogP) is 2.16. The maximum absolute atomic E-state index is 11.4. The summed E-state index contributed by atoms with van der Waals surface area (Å²) in [5.74, 6) is -0.420. The van der Waals surface area contributed by atoms with Crippen molar-refractivity contribution in [3.8, 4) is 6.07 Å². The van der Waals surface area contributed by atoms with Crippen molar-refractivity contribution in [2.45, 2.75) is 6.42 Å². The van der Waals surface area contributed by atoms with Crippen molar-refractivity contribution in [3.05, 3.63) is 42.0 Å². The number of esters is 1. The van der Waals surface area contributed by atoms with Gasteiger partial charge in [-0.05, 0) is 5.56 Å². The fourth-order valence-electron chi connectivity index (χ4n) is 1.19. The third kappa shape index (κ3) is 2.96. The molecule has 0 atom stereocenters. The lowest BCUT2D eigenvalue weighted by atomic mass is 10.1. The van der Waals surface area contributed by atoms with E-state index in [9.17, 15) is 4.79 Å². The number of hydrogen-bond acceptors (Lipinski definition) is 3. The second-order valence-corrected chi connectivity index (χ2v) is 2.84. The van der Waals surface area contributed by atoms with Crippen LogP contribution in [0.2, 0.25) is 0 Å². The standard InChI is InChI=1S/C12H11NO2/c1-15-12(14)11(8-5-9-13)10-6-3-2-4-7-10/h2-4,6-8H,5H2,1H3. The highest BCUT2D eigenvalue weighted by Gasteiger charge is 2.10. The van der Waals surface area contributed by atoms with E-state index in [1.54, 1.807) is 18.2 Å². The summed E-state index contributed by atoms with van der Waals surface area (Å²) in [6.45, 7) is 0. The van der Waals surface area contributed by atoms with Crippen molar-refractivity contribution < 1.29 is 9.53 Å². The van der Waals surface area contributed by atoms with E-state index in [2.05, 4.69) is 4.74 Å². The molecule has 0 bridgehead atoms. The van der Waals surface area contributed by atoms with E-state index in [-0.39, 0.29) is 6.42 Å². The Balaban J connectivity index is 3.03. The highest BCUT2D eigenvalue weighted by molar-refractivity contribution is 6.16. The Morgan fingerprint density at radius 3 is 2.67 bits per heavy atom. The summed E-state index contributed by atoms with van der Waals surface area (Å²) < 4.78 is 4.65. The molecule has 15 heavy (non-hydrogen) atoms. The van der Waals surface area contributed by atoms with Crippen molar-refractivity contribution in [2.24, 2.45) is 0 Å². The second-order valence-electron chi connectivity index (χ2n) is 2.84. The fourth-order valence-corrected chi connectivity index (χ4v) is 1.19. The van der Waals surface area contributed by atoms with Crippen LogP contribution in [0.25, 0.3) is 5.57 Å². The number of allylic oxidation sites excluding steroid dienone is 1. The Kier molecular flexibility index (Phi) is 4.11. The average molecular weight is 201 g/mol. The Hall–Kier alpha value is -2.08. The minimum Gasteiger partial charge on any atom is -0.465 e. The van der Waals surface area contributed by atoms with Crippen LogP contribution in [0.4, 0.5) is 0 Å². The molecule has 3 nitrogen and oxygen atoms in total. The Morgan fingerprint density at radius 2 is 2.13 bits per heavy atom. The van der Waals surface area contributed by atoms with Crippen molar-refractivity contribution in [3.63, 3.8) is 0 Å². The first-order valence-electron chi connectivity index (χ1n) is 4.50. The molecule has 0 saturated carbocycles. The summed E-state index contributed by atoms with van der Waals surface area (Å²) in [6, 6.07) is 11.1. The SMILES string of the molecule is COC(=O)C(=CCC#N)c1ccccc1. The number of carbonyl (C=O) groups excluding carboxylic acids is 1. The summed E-state index contributed by atoms with van der Waals surface area (Å²) >= 11 is 0. The molecule has 0 aliphatic rings. The van der Waals surface area contributed by atoms with Crippen LogP contribution in [-0.4, -0.2) is 13.1 Å². The maximum atomic E-state index is 11.4. The molecule has 0 aliphatic carbocycles. The van der Waals surface area contributed by atoms with E-state index in [4.69, 9.17) is 5.26 Å². The highest BCUT2D eigenvalue weighted by Crippen LogP contribution is 2.15. The van der Waals surface area contributed by atoms with Gasteiger partial charge in [-0.2, -0.15) is 5.26 Å². The summed E-state index contributed by atoms with van der Waals surface area (Å²) in [6.07, 6.45) is 1.76. The van der Waals surface area contributed by atoms with Crippen molar-refractivity contribution in [1.82, 2.24) is 0 Å². The number of benzene rings is 1. The number of methoxy groups -OCH3 is 1. The number of rotatable bonds is 3. The number of carbonyl (C=O) groups is 1. The van der Waals surface area contributed by atoms with E-state index >= 15 is 0 Å². The van der Waals surface area contributed by atoms with E-state index in [0.29, 0.717) is 5.57 Å². The van der Waals surface area contributed by atoms with Crippen LogP contribution < -0.4 is 0 Å². The molecule has 1 aromatic carbocycles. The third-order valence-electron chi connectivity index (χ3n) is 1.89. The largest absolute Gasteiger partial charge is 0.465 e. The molecule has 0 radical (unpaired) electrons. The molecule has 76 valence electrons. The van der Waals surface area contributed by atoms with Crippen molar-refractivity contribution >= 4 is 11.5 Å². The van der Waals surface area contributed by atoms with E-state index in [1.807, 2.05) is 24.3 Å². The molecule has 0 heterocycles. The molecule has 0 spiro atoms. The van der Waals surface area contributed by atoms with Gasteiger partial charge in [-0.15, -0.1) is 0 Å². The first-order valence-corrected chi connectivity index (χ1v) is 4.50. The van der Waals surface area contributed by atoms with Gasteiger partial charge in [0.1, 0.15) is 0 Å². The molecule has 1 rings (SSSR count). The van der Waals surface area contributed by atoms with Gasteiger partial charge >= 0.3 is 5.97 Å². The van der Waals surface area contributed by atoms with Crippen LogP contribution in [0.3, 0.4) is 0 Å². The smallest absolute Gasteiger partial charge is 0.338 e. The summed E-state index contributed by atoms with van der Waals surface area (Å²) in [5, 5.41) is 8.47. The zero-order valence-electron chi connectivity index (χ0n) is 8.43. The quantitative estimate of drug-likeness (QED) is 0.556. The Labute approximate surface area is 88.6 Å². The molecular weight excluding hydrogens is 190 g/mol. The van der Waals surface area contributed by atoms with E-state index in [1.165, 1.54) is 7.11 Å². The maximum Gasteiger partial charge on any atom is 0.338 e. The van der Waals surface area contributed by atoms with Crippen LogP contribution in [-0.2, 0) is 9.53 Å². The molecule has 0 amide bonds. The second kappa shape index (κ2) is 5.61. The molecule has 1 aromatic rings. The monoisotopic (exact) mass is 201 g/mol. The summed E-state index contributed by atoms with van der Waals surface area (Å²) in [5.41, 5.74) is 1.19. The zero-order chi connectivity index (χ0) is 11.1. The minimum absolute atomic E-state index is 0.194. The van der Waals surface area contributed by atoms with Gasteiger partial charge in [0.25, 0.3) is 0 Å². The molecule has 0 fully saturated rings. The molecule has 0 aliphatic heterocycles. The number of nitrogens with zero attached hydrogens (tertiary/aromatic N) is 1. The normalized spacial score (nSPS) is 10.5. The van der Waals surface area contributed by atoms with Gasteiger partial charge in [0.15, 0.2) is 0 Å². The van der Waals surface area contributed by atoms with Gasteiger partial charge in [-0.1, -0.05) is 36.4 Å². The van der Waals surface area contributed by atoms with Crippen LogP contribution in [0.1, 0.15) is 12.0 Å². The van der Waals surface area contributed by atoms with Gasteiger partial charge in [0.2, 0.25) is 0 Å². The number of ether oxygens (including phenoxy) is 1. The number of hydrogen-bond donors (Lipinski definition) is 0. The van der Waals surface area contributed by atoms with Gasteiger partial charge in [0.05, 0.1) is 25.2 Å². The molecular formula is C12H11NO2. The lowest BCUT2D eigenvalue weighted by molar-refractivity contribution is -0.133. The van der Waals surface area contributed by atoms with Crippen molar-refractivity contribution in [1.29, 1.82) is 5.26 Å². The molecule has 0 N–H and O–H groups in total. The number of nitriles is 1. The fraction of sp³-hybridized carbons (Fsp3) is 0.167.